The first-order chi connectivity index (χ1) is 10.2. The zero-order chi connectivity index (χ0) is 14.8. The van der Waals surface area contributed by atoms with Crippen molar-refractivity contribution in [2.75, 3.05) is 19.1 Å². The lowest BCUT2D eigenvalue weighted by Gasteiger charge is -2.19. The molecule has 0 radical (unpaired) electrons. The summed E-state index contributed by atoms with van der Waals surface area (Å²) in [5.74, 6) is 0.477. The van der Waals surface area contributed by atoms with Crippen LogP contribution in [0.1, 0.15) is 25.7 Å². The highest BCUT2D eigenvalue weighted by molar-refractivity contribution is 6.05. The number of rotatable bonds is 4. The fourth-order valence-electron chi connectivity index (χ4n) is 3.34. The minimum Gasteiger partial charge on any atom is -0.495 e. The lowest BCUT2D eigenvalue weighted by atomic mass is 9.81. The molecule has 2 fully saturated rings. The molecule has 21 heavy (non-hydrogen) atoms. The van der Waals surface area contributed by atoms with Crippen LogP contribution in [0.2, 0.25) is 0 Å². The first-order valence-corrected chi connectivity index (χ1v) is 7.44. The zero-order valence-electron chi connectivity index (χ0n) is 12.2. The lowest BCUT2D eigenvalue weighted by molar-refractivity contribution is -0.139. The van der Waals surface area contributed by atoms with E-state index in [0.29, 0.717) is 5.75 Å². The highest BCUT2D eigenvalue weighted by atomic mass is 16.5. The Hall–Kier alpha value is -2.04. The van der Waals surface area contributed by atoms with E-state index in [4.69, 9.17) is 4.74 Å². The second-order valence-corrected chi connectivity index (χ2v) is 5.64. The number of ether oxygens (including phenoxy) is 1. The molecule has 1 aromatic rings. The van der Waals surface area contributed by atoms with Gasteiger partial charge in [0.1, 0.15) is 5.75 Å². The molecule has 1 saturated heterocycles. The van der Waals surface area contributed by atoms with Crippen molar-refractivity contribution in [2.24, 2.45) is 11.8 Å². The number of nitrogens with zero attached hydrogens (tertiary/aromatic N) is 1. The number of carbonyl (C=O) groups is 2. The molecule has 1 aliphatic carbocycles. The summed E-state index contributed by atoms with van der Waals surface area (Å²) in [6.07, 6.45) is 3.79. The van der Waals surface area contributed by atoms with E-state index in [2.05, 4.69) is 5.32 Å². The van der Waals surface area contributed by atoms with Gasteiger partial charge in [-0.25, -0.2) is 0 Å². The highest BCUT2D eigenvalue weighted by Crippen LogP contribution is 2.38. The number of amides is 2. The molecule has 0 bridgehead atoms. The van der Waals surface area contributed by atoms with E-state index in [-0.39, 0.29) is 30.3 Å². The van der Waals surface area contributed by atoms with Crippen LogP contribution in [0.15, 0.2) is 24.3 Å². The van der Waals surface area contributed by atoms with E-state index in [9.17, 15) is 9.59 Å². The number of hydrogen-bond acceptors (Lipinski definition) is 4. The third-order valence-corrected chi connectivity index (χ3v) is 4.47. The number of hydrogen-bond donors (Lipinski definition) is 1. The van der Waals surface area contributed by atoms with Crippen molar-refractivity contribution < 1.29 is 14.3 Å². The van der Waals surface area contributed by atoms with Crippen molar-refractivity contribution in [3.8, 4) is 5.75 Å². The topological polar surface area (TPSA) is 58.6 Å². The van der Waals surface area contributed by atoms with Gasteiger partial charge < -0.3 is 10.1 Å². The zero-order valence-corrected chi connectivity index (χ0v) is 12.2. The average Bonchev–Trinajstić information content (AvgIpc) is 2.78. The maximum absolute atomic E-state index is 12.4. The van der Waals surface area contributed by atoms with Crippen LogP contribution in [0.25, 0.3) is 0 Å². The van der Waals surface area contributed by atoms with Gasteiger partial charge in [-0.3, -0.25) is 14.5 Å². The number of nitrogens with one attached hydrogen (secondary N) is 1. The number of fused-ring (bicyclic) bond motifs is 1. The first-order valence-electron chi connectivity index (χ1n) is 7.44. The maximum Gasteiger partial charge on any atom is 0.234 e. The fourth-order valence-corrected chi connectivity index (χ4v) is 3.34. The van der Waals surface area contributed by atoms with Crippen LogP contribution >= 0.6 is 0 Å². The van der Waals surface area contributed by atoms with E-state index in [1.54, 1.807) is 7.11 Å². The number of para-hydroxylation sites is 2. The second kappa shape index (κ2) is 5.76. The predicted molar refractivity (Wildman–Crippen MR) is 78.8 cm³/mol. The van der Waals surface area contributed by atoms with Crippen molar-refractivity contribution >= 4 is 17.5 Å². The van der Waals surface area contributed by atoms with Gasteiger partial charge in [-0.1, -0.05) is 25.0 Å². The number of methoxy groups -OCH3 is 1. The normalized spacial score (nSPS) is 24.9. The van der Waals surface area contributed by atoms with Crippen molar-refractivity contribution in [1.29, 1.82) is 0 Å². The molecule has 2 amide bonds. The summed E-state index contributed by atoms with van der Waals surface area (Å²) >= 11 is 0. The molecule has 2 atom stereocenters. The van der Waals surface area contributed by atoms with E-state index in [1.165, 1.54) is 4.90 Å². The molecule has 5 heteroatoms. The molecular weight excluding hydrogens is 268 g/mol. The van der Waals surface area contributed by atoms with Gasteiger partial charge >= 0.3 is 0 Å². The molecule has 0 unspecified atom stereocenters. The Morgan fingerprint density at radius 1 is 1.14 bits per heavy atom. The summed E-state index contributed by atoms with van der Waals surface area (Å²) in [4.78, 5) is 26.1. The molecule has 1 heterocycles. The molecule has 1 aliphatic heterocycles. The molecule has 0 spiro atoms. The van der Waals surface area contributed by atoms with Crippen molar-refractivity contribution in [3.05, 3.63) is 24.3 Å². The monoisotopic (exact) mass is 288 g/mol. The molecule has 0 aromatic heterocycles. The SMILES string of the molecule is COc1ccccc1NCN1C(=O)[C@H]2CCCC[C@H]2C1=O. The van der Waals surface area contributed by atoms with Gasteiger partial charge in [0.15, 0.2) is 0 Å². The minimum atomic E-state index is -0.0919. The summed E-state index contributed by atoms with van der Waals surface area (Å²) in [7, 11) is 1.60. The van der Waals surface area contributed by atoms with Gasteiger partial charge in [-0.2, -0.15) is 0 Å². The molecule has 1 aromatic carbocycles. The van der Waals surface area contributed by atoms with Crippen LogP contribution in [-0.4, -0.2) is 30.5 Å². The van der Waals surface area contributed by atoms with Crippen LogP contribution in [-0.2, 0) is 9.59 Å². The smallest absolute Gasteiger partial charge is 0.234 e. The molecule has 2 aliphatic rings. The number of anilines is 1. The standard InChI is InChI=1S/C16H20N2O3/c1-21-14-9-5-4-8-13(14)17-10-18-15(19)11-6-2-3-7-12(11)16(18)20/h4-5,8-9,11-12,17H,2-3,6-7,10H2,1H3/t11-,12+. The van der Waals surface area contributed by atoms with Crippen molar-refractivity contribution in [2.45, 2.75) is 25.7 Å². The lowest BCUT2D eigenvalue weighted by Crippen LogP contribution is -2.35. The van der Waals surface area contributed by atoms with Gasteiger partial charge in [0.2, 0.25) is 11.8 Å². The highest BCUT2D eigenvalue weighted by Gasteiger charge is 2.47. The minimum absolute atomic E-state index is 0.0212. The van der Waals surface area contributed by atoms with E-state index >= 15 is 0 Å². The van der Waals surface area contributed by atoms with Gasteiger partial charge in [-0.05, 0) is 25.0 Å². The number of benzene rings is 1. The van der Waals surface area contributed by atoms with Gasteiger partial charge in [0.05, 0.1) is 31.3 Å². The molecular formula is C16H20N2O3. The quantitative estimate of drug-likeness (QED) is 0.863. The Kier molecular flexibility index (Phi) is 3.82. The second-order valence-electron chi connectivity index (χ2n) is 5.64. The Morgan fingerprint density at radius 3 is 2.38 bits per heavy atom. The Morgan fingerprint density at radius 2 is 1.76 bits per heavy atom. The largest absolute Gasteiger partial charge is 0.495 e. The molecule has 3 rings (SSSR count). The summed E-state index contributed by atoms with van der Waals surface area (Å²) in [6, 6.07) is 7.48. The molecule has 5 nitrogen and oxygen atoms in total. The van der Waals surface area contributed by atoms with Gasteiger partial charge in [0, 0.05) is 0 Å². The van der Waals surface area contributed by atoms with Crippen LogP contribution in [0.3, 0.4) is 0 Å². The number of likely N-dealkylation sites (tertiary alicyclic amines) is 1. The predicted octanol–water partition coefficient (Wildman–Crippen LogP) is 2.24. The Balaban J connectivity index is 1.70. The van der Waals surface area contributed by atoms with E-state index in [1.807, 2.05) is 24.3 Å². The van der Waals surface area contributed by atoms with Crippen LogP contribution in [0.4, 0.5) is 5.69 Å². The molecule has 1 saturated carbocycles. The van der Waals surface area contributed by atoms with Crippen molar-refractivity contribution in [3.63, 3.8) is 0 Å². The first kappa shape index (κ1) is 13.9. The van der Waals surface area contributed by atoms with Crippen LogP contribution < -0.4 is 10.1 Å². The van der Waals surface area contributed by atoms with Crippen molar-refractivity contribution in [1.82, 2.24) is 4.90 Å². The summed E-state index contributed by atoms with van der Waals surface area (Å²) < 4.78 is 5.26. The fraction of sp³-hybridized carbons (Fsp3) is 0.500. The van der Waals surface area contributed by atoms with E-state index < -0.39 is 0 Å². The number of imide groups is 1. The molecule has 1 N–H and O–H groups in total. The van der Waals surface area contributed by atoms with Gasteiger partial charge in [-0.15, -0.1) is 0 Å². The summed E-state index contributed by atoms with van der Waals surface area (Å²) in [5, 5.41) is 3.14. The third kappa shape index (κ3) is 2.48. The van der Waals surface area contributed by atoms with Crippen LogP contribution in [0.5, 0.6) is 5.75 Å². The number of carbonyl (C=O) groups excluding carboxylic acids is 2. The van der Waals surface area contributed by atoms with Gasteiger partial charge in [0.25, 0.3) is 0 Å². The summed E-state index contributed by atoms with van der Waals surface area (Å²) in [5.41, 5.74) is 0.787. The average molecular weight is 288 g/mol. The maximum atomic E-state index is 12.4. The Labute approximate surface area is 124 Å². The summed E-state index contributed by atoms with van der Waals surface area (Å²) in [6.45, 7) is 0.213. The van der Waals surface area contributed by atoms with E-state index in [0.717, 1.165) is 31.4 Å². The molecule has 112 valence electrons. The third-order valence-electron chi connectivity index (χ3n) is 4.47. The Bertz CT molecular complexity index is 534. The van der Waals surface area contributed by atoms with Crippen LogP contribution in [0, 0.1) is 11.8 Å².